The van der Waals surface area contributed by atoms with E-state index >= 15 is 0 Å². The van der Waals surface area contributed by atoms with Gasteiger partial charge in [0.25, 0.3) is 0 Å². The molecule has 96 valence electrons. The standard InChI is InChI=1S/C15H19NO2/c1-2-18-15(17)13(14-9-6-10-16-14)11-12-7-4-3-5-8-12/h3-5,7-8,16H,2,6,9-11H2,1H3/b14-13-. The number of carbonyl (C=O) groups excluding carboxylic acids is 1. The van der Waals surface area contributed by atoms with E-state index in [0.29, 0.717) is 13.0 Å². The zero-order chi connectivity index (χ0) is 12.8. The summed E-state index contributed by atoms with van der Waals surface area (Å²) in [6, 6.07) is 10.0. The molecule has 0 aromatic heterocycles. The maximum atomic E-state index is 12.0. The minimum Gasteiger partial charge on any atom is -0.463 e. The van der Waals surface area contributed by atoms with Gasteiger partial charge in [0.05, 0.1) is 12.2 Å². The number of carbonyl (C=O) groups is 1. The van der Waals surface area contributed by atoms with Crippen LogP contribution in [0.3, 0.4) is 0 Å². The van der Waals surface area contributed by atoms with E-state index < -0.39 is 0 Å². The van der Waals surface area contributed by atoms with Crippen LogP contribution in [0.2, 0.25) is 0 Å². The third-order valence-electron chi connectivity index (χ3n) is 3.05. The van der Waals surface area contributed by atoms with Crippen LogP contribution in [0.1, 0.15) is 25.3 Å². The first-order chi connectivity index (χ1) is 8.81. The fourth-order valence-electron chi connectivity index (χ4n) is 2.17. The van der Waals surface area contributed by atoms with Gasteiger partial charge in [0.2, 0.25) is 0 Å². The highest BCUT2D eigenvalue weighted by Gasteiger charge is 2.19. The van der Waals surface area contributed by atoms with Crippen LogP contribution in [0, 0.1) is 0 Å². The van der Waals surface area contributed by atoms with E-state index in [2.05, 4.69) is 5.32 Å². The SMILES string of the molecule is CCOC(=O)/C(Cc1ccccc1)=C1/CCCN1. The van der Waals surface area contributed by atoms with Gasteiger partial charge in [-0.1, -0.05) is 30.3 Å². The highest BCUT2D eigenvalue weighted by atomic mass is 16.5. The van der Waals surface area contributed by atoms with Crippen LogP contribution < -0.4 is 5.32 Å². The van der Waals surface area contributed by atoms with E-state index in [0.717, 1.165) is 36.2 Å². The number of ether oxygens (including phenoxy) is 1. The smallest absolute Gasteiger partial charge is 0.336 e. The molecule has 1 N–H and O–H groups in total. The number of hydrogen-bond acceptors (Lipinski definition) is 3. The Morgan fingerprint density at radius 3 is 2.72 bits per heavy atom. The fourth-order valence-corrected chi connectivity index (χ4v) is 2.17. The minimum absolute atomic E-state index is 0.189. The van der Waals surface area contributed by atoms with Gasteiger partial charge >= 0.3 is 5.97 Å². The molecule has 0 unspecified atom stereocenters. The van der Waals surface area contributed by atoms with Gasteiger partial charge in [-0.2, -0.15) is 0 Å². The lowest BCUT2D eigenvalue weighted by Crippen LogP contribution is -2.17. The molecule has 3 nitrogen and oxygen atoms in total. The monoisotopic (exact) mass is 245 g/mol. The molecule has 1 aromatic carbocycles. The van der Waals surface area contributed by atoms with Gasteiger partial charge in [0.1, 0.15) is 0 Å². The second-order valence-electron chi connectivity index (χ2n) is 4.37. The number of allylic oxidation sites excluding steroid dienone is 1. The highest BCUT2D eigenvalue weighted by Crippen LogP contribution is 2.19. The van der Waals surface area contributed by atoms with Crippen LogP contribution in [0.5, 0.6) is 0 Å². The molecule has 0 amide bonds. The van der Waals surface area contributed by atoms with E-state index in [1.165, 1.54) is 0 Å². The molecule has 1 fully saturated rings. The summed E-state index contributed by atoms with van der Waals surface area (Å²) >= 11 is 0. The van der Waals surface area contributed by atoms with Crippen LogP contribution >= 0.6 is 0 Å². The van der Waals surface area contributed by atoms with Crippen LogP contribution in [-0.2, 0) is 16.0 Å². The lowest BCUT2D eigenvalue weighted by molar-refractivity contribution is -0.138. The topological polar surface area (TPSA) is 38.3 Å². The van der Waals surface area contributed by atoms with Crippen LogP contribution in [0.15, 0.2) is 41.6 Å². The third kappa shape index (κ3) is 3.13. The maximum Gasteiger partial charge on any atom is 0.336 e. The second-order valence-corrected chi connectivity index (χ2v) is 4.37. The molecule has 0 bridgehead atoms. The minimum atomic E-state index is -0.189. The average Bonchev–Trinajstić information content (AvgIpc) is 2.91. The Balaban J connectivity index is 2.20. The summed E-state index contributed by atoms with van der Waals surface area (Å²) in [7, 11) is 0. The molecule has 0 radical (unpaired) electrons. The summed E-state index contributed by atoms with van der Waals surface area (Å²) in [5, 5.41) is 3.30. The largest absolute Gasteiger partial charge is 0.463 e. The molecule has 0 spiro atoms. The summed E-state index contributed by atoms with van der Waals surface area (Å²) in [6.45, 7) is 3.21. The van der Waals surface area contributed by atoms with Crippen molar-refractivity contribution in [3.8, 4) is 0 Å². The number of hydrogen-bond donors (Lipinski definition) is 1. The van der Waals surface area contributed by atoms with Crippen LogP contribution in [0.4, 0.5) is 0 Å². The first kappa shape index (κ1) is 12.7. The van der Waals surface area contributed by atoms with Crippen molar-refractivity contribution in [3.63, 3.8) is 0 Å². The van der Waals surface area contributed by atoms with Gasteiger partial charge in [-0.3, -0.25) is 0 Å². The van der Waals surface area contributed by atoms with Crippen molar-refractivity contribution in [3.05, 3.63) is 47.2 Å². The Morgan fingerprint density at radius 2 is 2.11 bits per heavy atom. The molecule has 2 rings (SSSR count). The van der Waals surface area contributed by atoms with Gasteiger partial charge in [-0.05, 0) is 25.3 Å². The van der Waals surface area contributed by atoms with Gasteiger partial charge in [0.15, 0.2) is 0 Å². The molecular weight excluding hydrogens is 226 g/mol. The summed E-state index contributed by atoms with van der Waals surface area (Å²) < 4.78 is 5.15. The van der Waals surface area contributed by atoms with Crippen molar-refractivity contribution in [2.75, 3.05) is 13.2 Å². The normalized spacial score (nSPS) is 17.2. The first-order valence-corrected chi connectivity index (χ1v) is 6.48. The van der Waals surface area contributed by atoms with Gasteiger partial charge in [-0.15, -0.1) is 0 Å². The molecule has 1 aliphatic rings. The number of benzene rings is 1. The quantitative estimate of drug-likeness (QED) is 0.654. The predicted molar refractivity (Wildman–Crippen MR) is 71.0 cm³/mol. The Morgan fingerprint density at radius 1 is 1.33 bits per heavy atom. The lowest BCUT2D eigenvalue weighted by Gasteiger charge is -2.11. The van der Waals surface area contributed by atoms with E-state index in [1.54, 1.807) is 0 Å². The summed E-state index contributed by atoms with van der Waals surface area (Å²) in [4.78, 5) is 12.0. The van der Waals surface area contributed by atoms with Crippen molar-refractivity contribution < 1.29 is 9.53 Å². The zero-order valence-corrected chi connectivity index (χ0v) is 10.7. The molecule has 0 saturated carbocycles. The van der Waals surface area contributed by atoms with Crippen molar-refractivity contribution >= 4 is 5.97 Å². The number of esters is 1. The van der Waals surface area contributed by atoms with Crippen molar-refractivity contribution in [2.24, 2.45) is 0 Å². The molecule has 18 heavy (non-hydrogen) atoms. The van der Waals surface area contributed by atoms with E-state index in [9.17, 15) is 4.79 Å². The second kappa shape index (κ2) is 6.24. The Hall–Kier alpha value is -1.77. The zero-order valence-electron chi connectivity index (χ0n) is 10.7. The van der Waals surface area contributed by atoms with Crippen LogP contribution in [0.25, 0.3) is 0 Å². The van der Waals surface area contributed by atoms with Crippen molar-refractivity contribution in [2.45, 2.75) is 26.2 Å². The Kier molecular flexibility index (Phi) is 4.40. The molecule has 0 atom stereocenters. The van der Waals surface area contributed by atoms with Crippen molar-refractivity contribution in [1.82, 2.24) is 5.32 Å². The van der Waals surface area contributed by atoms with Gasteiger partial charge < -0.3 is 10.1 Å². The lowest BCUT2D eigenvalue weighted by atomic mass is 10.0. The average molecular weight is 245 g/mol. The Bertz CT molecular complexity index is 429. The first-order valence-electron chi connectivity index (χ1n) is 6.48. The maximum absolute atomic E-state index is 12.0. The van der Waals surface area contributed by atoms with Crippen LogP contribution in [-0.4, -0.2) is 19.1 Å². The summed E-state index contributed by atoms with van der Waals surface area (Å²) in [5.74, 6) is -0.189. The molecule has 0 aliphatic carbocycles. The van der Waals surface area contributed by atoms with Crippen molar-refractivity contribution in [1.29, 1.82) is 0 Å². The fraction of sp³-hybridized carbons (Fsp3) is 0.400. The third-order valence-corrected chi connectivity index (χ3v) is 3.05. The number of rotatable bonds is 4. The van der Waals surface area contributed by atoms with Gasteiger partial charge in [0, 0.05) is 18.7 Å². The van der Waals surface area contributed by atoms with Gasteiger partial charge in [-0.25, -0.2) is 4.79 Å². The molecule has 3 heteroatoms. The van der Waals surface area contributed by atoms with E-state index in [4.69, 9.17) is 4.74 Å². The molecule has 1 aliphatic heterocycles. The molecule has 1 heterocycles. The number of nitrogens with one attached hydrogen (secondary N) is 1. The highest BCUT2D eigenvalue weighted by molar-refractivity contribution is 5.89. The summed E-state index contributed by atoms with van der Waals surface area (Å²) in [5.41, 5.74) is 2.97. The molecular formula is C15H19NO2. The predicted octanol–water partition coefficient (Wildman–Crippen LogP) is 2.43. The molecule has 1 aromatic rings. The Labute approximate surface area is 108 Å². The van der Waals surface area contributed by atoms with E-state index in [-0.39, 0.29) is 5.97 Å². The van der Waals surface area contributed by atoms with E-state index in [1.807, 2.05) is 37.3 Å². The molecule has 1 saturated heterocycles. The summed E-state index contributed by atoms with van der Waals surface area (Å²) in [6.07, 6.45) is 2.68.